The summed E-state index contributed by atoms with van der Waals surface area (Å²) in [5.74, 6) is 0.745. The van der Waals surface area contributed by atoms with Crippen LogP contribution in [0, 0.1) is 0 Å². The Morgan fingerprint density at radius 2 is 1.74 bits per heavy atom. The van der Waals surface area contributed by atoms with Gasteiger partial charge in [-0.25, -0.2) is 4.98 Å². The monoisotopic (exact) mass is 425 g/mol. The van der Waals surface area contributed by atoms with Crippen molar-refractivity contribution in [3.05, 3.63) is 66.4 Å². The number of hydrogen-bond donors (Lipinski definition) is 0. The second kappa shape index (κ2) is 7.60. The summed E-state index contributed by atoms with van der Waals surface area (Å²) in [7, 11) is 0. The summed E-state index contributed by atoms with van der Waals surface area (Å²) in [6.07, 6.45) is 1.66. The smallest absolute Gasteiger partial charge is 0.356 e. The zero-order valence-corrected chi connectivity index (χ0v) is 16.4. The molecule has 1 aliphatic rings. The van der Waals surface area contributed by atoms with Crippen LogP contribution in [0.1, 0.15) is 30.1 Å². The van der Waals surface area contributed by atoms with Crippen LogP contribution in [0.3, 0.4) is 0 Å². The van der Waals surface area contributed by atoms with Crippen LogP contribution in [0.2, 0.25) is 0 Å². The molecule has 0 N–H and O–H groups in total. The Morgan fingerprint density at radius 1 is 0.935 bits per heavy atom. The minimum Gasteiger partial charge on any atom is -0.356 e. The third kappa shape index (κ3) is 3.69. The van der Waals surface area contributed by atoms with Gasteiger partial charge in [0.25, 0.3) is 0 Å². The zero-order valence-electron chi connectivity index (χ0n) is 16.4. The highest BCUT2D eigenvalue weighted by atomic mass is 19.4. The molecule has 0 aliphatic carbocycles. The molecule has 4 aromatic heterocycles. The van der Waals surface area contributed by atoms with E-state index in [1.165, 1.54) is 12.3 Å². The second-order valence-corrected chi connectivity index (χ2v) is 7.42. The first-order valence-electron chi connectivity index (χ1n) is 9.90. The normalized spacial score (nSPS) is 15.5. The first-order chi connectivity index (χ1) is 15.0. The lowest BCUT2D eigenvalue weighted by Crippen LogP contribution is -2.35. The Bertz CT molecular complexity index is 1200. The van der Waals surface area contributed by atoms with Crippen LogP contribution in [0.4, 0.5) is 19.0 Å². The number of anilines is 1. The molecule has 0 saturated carbocycles. The Labute approximate surface area is 175 Å². The highest BCUT2D eigenvalue weighted by Gasteiger charge is 2.36. The van der Waals surface area contributed by atoms with Crippen LogP contribution in [-0.4, -0.2) is 42.9 Å². The maximum Gasteiger partial charge on any atom is 0.419 e. The topological polar surface area (TPSA) is 72.1 Å². The molecule has 5 rings (SSSR count). The quantitative estimate of drug-likeness (QED) is 0.494. The van der Waals surface area contributed by atoms with Crippen LogP contribution < -0.4 is 4.90 Å². The van der Waals surface area contributed by atoms with Crippen molar-refractivity contribution in [3.63, 3.8) is 0 Å². The number of alkyl halides is 3. The maximum absolute atomic E-state index is 13.4. The first-order valence-corrected chi connectivity index (χ1v) is 9.90. The molecule has 31 heavy (non-hydrogen) atoms. The van der Waals surface area contributed by atoms with E-state index in [9.17, 15) is 13.2 Å². The molecule has 0 amide bonds. The third-order valence-corrected chi connectivity index (χ3v) is 5.50. The lowest BCUT2D eigenvalue weighted by Gasteiger charge is -2.33. The Kier molecular flexibility index (Phi) is 4.76. The molecule has 1 fully saturated rings. The summed E-state index contributed by atoms with van der Waals surface area (Å²) in [5.41, 5.74) is 1.56. The Morgan fingerprint density at radius 3 is 2.48 bits per heavy atom. The number of nitrogens with zero attached hydrogens (tertiary/aromatic N) is 7. The fraction of sp³-hybridized carbons (Fsp3) is 0.286. The van der Waals surface area contributed by atoms with E-state index in [0.717, 1.165) is 23.1 Å². The van der Waals surface area contributed by atoms with Gasteiger partial charge >= 0.3 is 6.18 Å². The number of halogens is 3. The summed E-state index contributed by atoms with van der Waals surface area (Å²) in [4.78, 5) is 9.83. The van der Waals surface area contributed by atoms with Crippen molar-refractivity contribution >= 4 is 11.5 Å². The van der Waals surface area contributed by atoms with E-state index in [1.807, 2.05) is 24.3 Å². The summed E-state index contributed by atoms with van der Waals surface area (Å²) < 4.78 is 41.8. The molecule has 1 aliphatic heterocycles. The predicted octanol–water partition coefficient (Wildman–Crippen LogP) is 3.98. The van der Waals surface area contributed by atoms with Gasteiger partial charge in [-0.05, 0) is 49.2 Å². The van der Waals surface area contributed by atoms with Gasteiger partial charge in [-0.15, -0.1) is 10.2 Å². The minimum absolute atomic E-state index is 0.0171. The number of hydrogen-bond acceptors (Lipinski definition) is 6. The molecule has 0 radical (unpaired) electrons. The lowest BCUT2D eigenvalue weighted by molar-refractivity contribution is -0.137. The standard InChI is InChI=1S/C21H18F3N7/c22-21(23,24)16-4-2-10-26-20(16)30-11-7-14(8-12-30)19-28-27-18-6-5-17(29-31(18)19)15-3-1-9-25-13-15/h1-6,9-10,13-14H,7-8,11-12H2. The van der Waals surface area contributed by atoms with Gasteiger partial charge in [-0.2, -0.15) is 22.8 Å². The maximum atomic E-state index is 13.4. The van der Waals surface area contributed by atoms with Gasteiger partial charge in [0.1, 0.15) is 5.82 Å². The van der Waals surface area contributed by atoms with Crippen molar-refractivity contribution in [2.24, 2.45) is 0 Å². The van der Waals surface area contributed by atoms with Crippen molar-refractivity contribution in [1.82, 2.24) is 29.8 Å². The highest BCUT2D eigenvalue weighted by molar-refractivity contribution is 5.59. The second-order valence-electron chi connectivity index (χ2n) is 7.42. The van der Waals surface area contributed by atoms with Gasteiger partial charge in [0.15, 0.2) is 11.5 Å². The Balaban J connectivity index is 1.39. The molecule has 0 aromatic carbocycles. The summed E-state index contributed by atoms with van der Waals surface area (Å²) >= 11 is 0. The molecule has 5 heterocycles. The molecule has 10 heteroatoms. The van der Waals surface area contributed by atoms with Crippen LogP contribution in [-0.2, 0) is 6.18 Å². The first kappa shape index (κ1) is 19.4. The van der Waals surface area contributed by atoms with Gasteiger partial charge in [0.05, 0.1) is 11.3 Å². The molecule has 4 aromatic rings. The molecular weight excluding hydrogens is 407 g/mol. The van der Waals surface area contributed by atoms with Gasteiger partial charge < -0.3 is 4.90 Å². The molecule has 0 bridgehead atoms. The largest absolute Gasteiger partial charge is 0.419 e. The summed E-state index contributed by atoms with van der Waals surface area (Å²) in [6, 6.07) is 9.88. The number of aromatic nitrogens is 6. The van der Waals surface area contributed by atoms with Crippen LogP contribution >= 0.6 is 0 Å². The van der Waals surface area contributed by atoms with Crippen molar-refractivity contribution in [1.29, 1.82) is 0 Å². The number of rotatable bonds is 3. The number of fused-ring (bicyclic) bond motifs is 1. The minimum atomic E-state index is -4.43. The molecule has 7 nitrogen and oxygen atoms in total. The Hall–Kier alpha value is -3.56. The SMILES string of the molecule is FC(F)(F)c1cccnc1N1CCC(c2nnc3ccc(-c4cccnc4)nn23)CC1. The average molecular weight is 425 g/mol. The molecular formula is C21H18F3N7. The third-order valence-electron chi connectivity index (χ3n) is 5.50. The fourth-order valence-electron chi connectivity index (χ4n) is 3.95. The molecule has 1 saturated heterocycles. The van der Waals surface area contributed by atoms with Crippen LogP contribution in [0.25, 0.3) is 16.9 Å². The fourth-order valence-corrected chi connectivity index (χ4v) is 3.95. The molecule has 0 spiro atoms. The van der Waals surface area contributed by atoms with Crippen molar-refractivity contribution in [2.75, 3.05) is 18.0 Å². The van der Waals surface area contributed by atoms with E-state index in [1.54, 1.807) is 21.8 Å². The highest BCUT2D eigenvalue weighted by Crippen LogP contribution is 2.37. The van der Waals surface area contributed by atoms with E-state index in [0.29, 0.717) is 31.6 Å². The van der Waals surface area contributed by atoms with E-state index >= 15 is 0 Å². The summed E-state index contributed by atoms with van der Waals surface area (Å²) in [6.45, 7) is 0.893. The molecule has 0 atom stereocenters. The van der Waals surface area contributed by atoms with Gasteiger partial charge in [0.2, 0.25) is 0 Å². The number of pyridine rings is 2. The van der Waals surface area contributed by atoms with Gasteiger partial charge in [-0.3, -0.25) is 4.98 Å². The predicted molar refractivity (Wildman–Crippen MR) is 107 cm³/mol. The van der Waals surface area contributed by atoms with Crippen LogP contribution in [0.15, 0.2) is 55.0 Å². The van der Waals surface area contributed by atoms with Crippen LogP contribution in [0.5, 0.6) is 0 Å². The average Bonchev–Trinajstić information content (AvgIpc) is 3.22. The van der Waals surface area contributed by atoms with E-state index in [-0.39, 0.29) is 11.7 Å². The molecule has 0 unspecified atom stereocenters. The summed E-state index contributed by atoms with van der Waals surface area (Å²) in [5, 5.41) is 13.2. The van der Waals surface area contributed by atoms with E-state index in [4.69, 9.17) is 0 Å². The van der Waals surface area contributed by atoms with E-state index < -0.39 is 11.7 Å². The van der Waals surface area contributed by atoms with Gasteiger partial charge in [0, 0.05) is 43.2 Å². The zero-order chi connectivity index (χ0) is 21.4. The molecule has 158 valence electrons. The van der Waals surface area contributed by atoms with Crippen molar-refractivity contribution in [3.8, 4) is 11.3 Å². The lowest BCUT2D eigenvalue weighted by atomic mass is 9.95. The van der Waals surface area contributed by atoms with Gasteiger partial charge in [-0.1, -0.05) is 0 Å². The van der Waals surface area contributed by atoms with Crippen molar-refractivity contribution in [2.45, 2.75) is 24.9 Å². The van der Waals surface area contributed by atoms with E-state index in [2.05, 4.69) is 25.3 Å². The van der Waals surface area contributed by atoms with Crippen molar-refractivity contribution < 1.29 is 13.2 Å². The number of piperidine rings is 1.